The minimum atomic E-state index is -0.286. The standard InChI is InChI=1S/C47H37N3O/c1-2-13-32-22-28-44-42(30-32)43-31-36(27-29-45(43)50(44)37-16-7-4-8-17-37)39-19-10-12-21-41(39)40-20-11-9-18-38(40)33-23-25-35(26-24-33)47-49-48-46(51-47)34-14-5-3-6-15-34/h3-12,14-31,46,48H,2,13H2,1H3. The number of fused-ring (bicyclic) bond motifs is 3. The topological polar surface area (TPSA) is 38.6 Å². The van der Waals surface area contributed by atoms with Crippen LogP contribution in [0.4, 0.5) is 0 Å². The zero-order valence-electron chi connectivity index (χ0n) is 28.5. The lowest BCUT2D eigenvalue weighted by atomic mass is 9.89. The molecule has 4 nitrogen and oxygen atoms in total. The third-order valence-electron chi connectivity index (χ3n) is 9.90. The Kier molecular flexibility index (Phi) is 7.90. The van der Waals surface area contributed by atoms with Gasteiger partial charge in [-0.3, -0.25) is 5.43 Å². The zero-order valence-corrected chi connectivity index (χ0v) is 28.5. The summed E-state index contributed by atoms with van der Waals surface area (Å²) < 4.78 is 8.57. The SMILES string of the molecule is CCCc1ccc2c(c1)c1cc(-c3ccccc3-c3ccccc3-c3ccc(C4=NNC(c5ccccc5)O4)cc3)ccc1n2-c1ccccc1. The first kappa shape index (κ1) is 30.7. The minimum absolute atomic E-state index is 0.286. The summed E-state index contributed by atoms with van der Waals surface area (Å²) in [6.07, 6.45) is 1.91. The first-order chi connectivity index (χ1) is 25.2. The average Bonchev–Trinajstić information content (AvgIpc) is 3.82. The van der Waals surface area contributed by atoms with Crippen LogP contribution in [0.15, 0.2) is 175 Å². The maximum absolute atomic E-state index is 6.18. The highest BCUT2D eigenvalue weighted by Crippen LogP contribution is 2.41. The van der Waals surface area contributed by atoms with Crippen molar-refractivity contribution in [3.05, 3.63) is 187 Å². The Bertz CT molecular complexity index is 2530. The fraction of sp³-hybridized carbons (Fsp3) is 0.0851. The molecule has 0 amide bonds. The van der Waals surface area contributed by atoms with E-state index < -0.39 is 0 Å². The van der Waals surface area contributed by atoms with Gasteiger partial charge in [0.25, 0.3) is 0 Å². The Labute approximate surface area is 298 Å². The third kappa shape index (κ3) is 5.65. The summed E-state index contributed by atoms with van der Waals surface area (Å²) in [6, 6.07) is 60.7. The first-order valence-corrected chi connectivity index (χ1v) is 17.7. The molecule has 1 aliphatic heterocycles. The Morgan fingerprint density at radius 2 is 1.10 bits per heavy atom. The molecule has 4 heteroatoms. The van der Waals surface area contributed by atoms with Gasteiger partial charge in [0.15, 0.2) is 0 Å². The van der Waals surface area contributed by atoms with E-state index in [1.54, 1.807) is 0 Å². The first-order valence-electron chi connectivity index (χ1n) is 17.7. The van der Waals surface area contributed by atoms with Crippen molar-refractivity contribution in [2.24, 2.45) is 5.10 Å². The van der Waals surface area contributed by atoms with Gasteiger partial charge < -0.3 is 9.30 Å². The molecule has 0 aliphatic carbocycles. The van der Waals surface area contributed by atoms with Gasteiger partial charge in [0.1, 0.15) is 0 Å². The van der Waals surface area contributed by atoms with Crippen molar-refractivity contribution >= 4 is 27.7 Å². The molecule has 1 unspecified atom stereocenters. The maximum atomic E-state index is 6.18. The molecule has 7 aromatic carbocycles. The molecule has 8 aromatic rings. The number of aromatic nitrogens is 1. The Morgan fingerprint density at radius 1 is 0.549 bits per heavy atom. The highest BCUT2D eigenvalue weighted by Gasteiger charge is 2.22. The van der Waals surface area contributed by atoms with Crippen LogP contribution in [0, 0.1) is 0 Å². The van der Waals surface area contributed by atoms with E-state index in [4.69, 9.17) is 4.74 Å². The fourth-order valence-electron chi connectivity index (χ4n) is 7.45. The summed E-state index contributed by atoms with van der Waals surface area (Å²) in [4.78, 5) is 0. The highest BCUT2D eigenvalue weighted by molar-refractivity contribution is 6.11. The lowest BCUT2D eigenvalue weighted by Gasteiger charge is -2.15. The number of ether oxygens (including phenoxy) is 1. The number of aryl methyl sites for hydroxylation is 1. The van der Waals surface area contributed by atoms with Crippen molar-refractivity contribution in [2.75, 3.05) is 0 Å². The van der Waals surface area contributed by atoms with Crippen LogP contribution in [0.25, 0.3) is 60.9 Å². The molecule has 0 saturated heterocycles. The smallest absolute Gasteiger partial charge is 0.240 e. The minimum Gasteiger partial charge on any atom is -0.446 e. The summed E-state index contributed by atoms with van der Waals surface area (Å²) in [6.45, 7) is 2.25. The van der Waals surface area contributed by atoms with Crippen LogP contribution in [-0.2, 0) is 11.2 Å². The molecular formula is C47H37N3O. The average molecular weight is 660 g/mol. The Hall–Kier alpha value is -6.39. The van der Waals surface area contributed by atoms with E-state index >= 15 is 0 Å². The monoisotopic (exact) mass is 659 g/mol. The normalized spacial score (nSPS) is 14.0. The number of rotatable bonds is 8. The molecule has 246 valence electrons. The summed E-state index contributed by atoms with van der Waals surface area (Å²) in [5.74, 6) is 0.597. The van der Waals surface area contributed by atoms with Gasteiger partial charge in [-0.1, -0.05) is 135 Å². The third-order valence-corrected chi connectivity index (χ3v) is 9.90. The molecule has 0 saturated carbocycles. The van der Waals surface area contributed by atoms with Crippen LogP contribution >= 0.6 is 0 Å². The summed E-state index contributed by atoms with van der Waals surface area (Å²) in [7, 11) is 0. The lowest BCUT2D eigenvalue weighted by Crippen LogP contribution is -2.12. The fourth-order valence-corrected chi connectivity index (χ4v) is 7.45. The highest BCUT2D eigenvalue weighted by atomic mass is 16.5. The zero-order chi connectivity index (χ0) is 34.1. The molecule has 1 aliphatic rings. The van der Waals surface area contributed by atoms with Crippen LogP contribution in [0.3, 0.4) is 0 Å². The lowest BCUT2D eigenvalue weighted by molar-refractivity contribution is 0.192. The van der Waals surface area contributed by atoms with Gasteiger partial charge in [0.05, 0.1) is 11.0 Å². The van der Waals surface area contributed by atoms with Crippen molar-refractivity contribution < 1.29 is 4.74 Å². The Morgan fingerprint density at radius 3 is 1.78 bits per heavy atom. The van der Waals surface area contributed by atoms with Crippen molar-refractivity contribution in [1.82, 2.24) is 9.99 Å². The Balaban J connectivity index is 1.10. The maximum Gasteiger partial charge on any atom is 0.240 e. The van der Waals surface area contributed by atoms with Gasteiger partial charge >= 0.3 is 0 Å². The van der Waals surface area contributed by atoms with Gasteiger partial charge in [0, 0.05) is 27.6 Å². The molecule has 0 radical (unpaired) electrons. The molecule has 1 aromatic heterocycles. The van der Waals surface area contributed by atoms with Crippen LogP contribution in [0.2, 0.25) is 0 Å². The van der Waals surface area contributed by atoms with Gasteiger partial charge in [0.2, 0.25) is 12.1 Å². The second-order valence-electron chi connectivity index (χ2n) is 13.1. The predicted octanol–water partition coefficient (Wildman–Crippen LogP) is 11.7. The number of para-hydroxylation sites is 1. The van der Waals surface area contributed by atoms with Crippen molar-refractivity contribution in [1.29, 1.82) is 0 Å². The molecule has 1 atom stereocenters. The van der Waals surface area contributed by atoms with Gasteiger partial charge in [-0.25, -0.2) is 0 Å². The van der Waals surface area contributed by atoms with Crippen molar-refractivity contribution in [3.8, 4) is 39.1 Å². The molecule has 0 spiro atoms. The number of nitrogens with zero attached hydrogens (tertiary/aromatic N) is 2. The molecule has 9 rings (SSSR count). The number of nitrogens with one attached hydrogen (secondary N) is 1. The van der Waals surface area contributed by atoms with Crippen LogP contribution in [-0.4, -0.2) is 10.5 Å². The summed E-state index contributed by atoms with van der Waals surface area (Å²) >= 11 is 0. The summed E-state index contributed by atoms with van der Waals surface area (Å²) in [5.41, 5.74) is 17.2. The number of hydrogen-bond donors (Lipinski definition) is 1. The molecular weight excluding hydrogens is 623 g/mol. The predicted molar refractivity (Wildman–Crippen MR) is 211 cm³/mol. The van der Waals surface area contributed by atoms with Crippen LogP contribution in [0.1, 0.15) is 36.3 Å². The van der Waals surface area contributed by atoms with E-state index in [1.165, 1.54) is 60.9 Å². The van der Waals surface area contributed by atoms with E-state index in [0.717, 1.165) is 29.5 Å². The molecule has 2 heterocycles. The summed E-state index contributed by atoms with van der Waals surface area (Å²) in [5, 5.41) is 7.05. The van der Waals surface area contributed by atoms with Crippen molar-refractivity contribution in [2.45, 2.75) is 26.0 Å². The van der Waals surface area contributed by atoms with E-state index in [2.05, 4.69) is 162 Å². The van der Waals surface area contributed by atoms with E-state index in [9.17, 15) is 0 Å². The van der Waals surface area contributed by atoms with E-state index in [-0.39, 0.29) is 6.23 Å². The van der Waals surface area contributed by atoms with Gasteiger partial charge in [-0.15, -0.1) is 5.10 Å². The second kappa shape index (κ2) is 13.1. The van der Waals surface area contributed by atoms with Gasteiger partial charge in [-0.05, 0) is 93.9 Å². The number of hydrogen-bond acceptors (Lipinski definition) is 3. The van der Waals surface area contributed by atoms with Crippen molar-refractivity contribution in [3.63, 3.8) is 0 Å². The van der Waals surface area contributed by atoms with Crippen LogP contribution < -0.4 is 5.43 Å². The second-order valence-corrected chi connectivity index (χ2v) is 13.1. The van der Waals surface area contributed by atoms with Gasteiger partial charge in [-0.2, -0.15) is 0 Å². The molecule has 51 heavy (non-hydrogen) atoms. The quantitative estimate of drug-likeness (QED) is 0.176. The molecule has 1 N–H and O–H groups in total. The van der Waals surface area contributed by atoms with E-state index in [1.807, 2.05) is 30.3 Å². The molecule has 0 bridgehead atoms. The number of benzene rings is 7. The van der Waals surface area contributed by atoms with Crippen LogP contribution in [0.5, 0.6) is 0 Å². The van der Waals surface area contributed by atoms with E-state index in [0.29, 0.717) is 5.90 Å². The number of hydrazone groups is 1. The molecule has 0 fully saturated rings. The largest absolute Gasteiger partial charge is 0.446 e.